The number of hydrogen-bond acceptors (Lipinski definition) is 4. The van der Waals surface area contributed by atoms with Crippen LogP contribution in [0.1, 0.15) is 16.1 Å². The monoisotopic (exact) mass is 347 g/mol. The third kappa shape index (κ3) is 2.90. The van der Waals surface area contributed by atoms with Crippen LogP contribution in [-0.2, 0) is 9.84 Å². The lowest BCUT2D eigenvalue weighted by Crippen LogP contribution is -2.14. The third-order valence-electron chi connectivity index (χ3n) is 3.66. The molecule has 124 valence electrons. The summed E-state index contributed by atoms with van der Waals surface area (Å²) in [6, 6.07) is 10.4. The number of fused-ring (bicyclic) bond motifs is 1. The second-order valence-electron chi connectivity index (χ2n) is 5.42. The van der Waals surface area contributed by atoms with Gasteiger partial charge in [0.25, 0.3) is 5.91 Å². The summed E-state index contributed by atoms with van der Waals surface area (Å²) in [4.78, 5) is 12.3. The molecule has 0 radical (unpaired) electrons. The fourth-order valence-electron chi connectivity index (χ4n) is 2.40. The average Bonchev–Trinajstić information content (AvgIpc) is 2.86. The zero-order chi connectivity index (χ0) is 17.5. The Kier molecular flexibility index (Phi) is 3.88. The Hall–Kier alpha value is -2.67. The largest absolute Gasteiger partial charge is 0.451 e. The molecule has 0 bridgehead atoms. The average molecular weight is 347 g/mol. The van der Waals surface area contributed by atoms with Crippen LogP contribution in [0, 0.1) is 12.7 Å². The van der Waals surface area contributed by atoms with Crippen LogP contribution in [-0.4, -0.2) is 20.6 Å². The Morgan fingerprint density at radius 1 is 1.17 bits per heavy atom. The van der Waals surface area contributed by atoms with Gasteiger partial charge >= 0.3 is 0 Å². The van der Waals surface area contributed by atoms with Crippen LogP contribution in [0.4, 0.5) is 10.1 Å². The van der Waals surface area contributed by atoms with Crippen molar-refractivity contribution < 1.29 is 22.0 Å². The van der Waals surface area contributed by atoms with Gasteiger partial charge in [0.05, 0.1) is 10.6 Å². The molecule has 5 nitrogen and oxygen atoms in total. The van der Waals surface area contributed by atoms with Crippen molar-refractivity contribution in [2.75, 3.05) is 11.6 Å². The second kappa shape index (κ2) is 5.76. The number of benzene rings is 2. The number of halogens is 1. The summed E-state index contributed by atoms with van der Waals surface area (Å²) >= 11 is 0. The van der Waals surface area contributed by atoms with Crippen LogP contribution in [0.15, 0.2) is 51.8 Å². The Morgan fingerprint density at radius 3 is 2.54 bits per heavy atom. The van der Waals surface area contributed by atoms with E-state index >= 15 is 0 Å². The summed E-state index contributed by atoms with van der Waals surface area (Å²) in [5, 5.41) is 3.15. The van der Waals surface area contributed by atoms with Crippen molar-refractivity contribution in [3.63, 3.8) is 0 Å². The van der Waals surface area contributed by atoms with Crippen LogP contribution in [0.25, 0.3) is 11.0 Å². The van der Waals surface area contributed by atoms with E-state index in [0.717, 1.165) is 29.8 Å². The van der Waals surface area contributed by atoms with Gasteiger partial charge in [0, 0.05) is 17.2 Å². The minimum Gasteiger partial charge on any atom is -0.451 e. The van der Waals surface area contributed by atoms with Crippen molar-refractivity contribution in [3.8, 4) is 0 Å². The molecule has 1 N–H and O–H groups in total. The van der Waals surface area contributed by atoms with Gasteiger partial charge in [-0.05, 0) is 31.2 Å². The molecule has 0 fully saturated rings. The van der Waals surface area contributed by atoms with Crippen LogP contribution in [0.2, 0.25) is 0 Å². The van der Waals surface area contributed by atoms with Gasteiger partial charge in [-0.25, -0.2) is 12.8 Å². The molecule has 0 aliphatic carbocycles. The van der Waals surface area contributed by atoms with Crippen molar-refractivity contribution in [1.82, 2.24) is 0 Å². The molecule has 1 heterocycles. The number of sulfone groups is 1. The Labute approximate surface area is 138 Å². The van der Waals surface area contributed by atoms with Gasteiger partial charge in [-0.2, -0.15) is 0 Å². The SMILES string of the molecule is Cc1c(C(=O)Nc2cc(S(C)(=O)=O)ccc2F)oc2ccccc12. The maximum absolute atomic E-state index is 13.9. The Bertz CT molecular complexity index is 1050. The molecular formula is C17H14FNO4S. The summed E-state index contributed by atoms with van der Waals surface area (Å²) in [5.74, 6) is -1.32. The van der Waals surface area contributed by atoms with Crippen molar-refractivity contribution >= 4 is 32.4 Å². The maximum Gasteiger partial charge on any atom is 0.291 e. The topological polar surface area (TPSA) is 76.4 Å². The zero-order valence-corrected chi connectivity index (χ0v) is 13.8. The molecule has 3 aromatic rings. The normalized spacial score (nSPS) is 11.6. The highest BCUT2D eigenvalue weighted by molar-refractivity contribution is 7.90. The second-order valence-corrected chi connectivity index (χ2v) is 7.44. The van der Waals surface area contributed by atoms with Crippen molar-refractivity contribution in [2.45, 2.75) is 11.8 Å². The number of amides is 1. The quantitative estimate of drug-likeness (QED) is 0.735. The van der Waals surface area contributed by atoms with Gasteiger partial charge in [-0.1, -0.05) is 18.2 Å². The number of nitrogens with one attached hydrogen (secondary N) is 1. The lowest BCUT2D eigenvalue weighted by atomic mass is 10.1. The van der Waals surface area contributed by atoms with Gasteiger partial charge in [-0.3, -0.25) is 4.79 Å². The highest BCUT2D eigenvalue weighted by atomic mass is 32.2. The number of rotatable bonds is 3. The van der Waals surface area contributed by atoms with E-state index in [2.05, 4.69) is 5.32 Å². The minimum atomic E-state index is -3.51. The van der Waals surface area contributed by atoms with E-state index in [4.69, 9.17) is 4.42 Å². The Balaban J connectivity index is 1.99. The van der Waals surface area contributed by atoms with Gasteiger partial charge in [0.15, 0.2) is 15.6 Å². The highest BCUT2D eigenvalue weighted by Gasteiger charge is 2.19. The van der Waals surface area contributed by atoms with E-state index in [0.29, 0.717) is 11.1 Å². The predicted octanol–water partition coefficient (Wildman–Crippen LogP) is 3.54. The summed E-state index contributed by atoms with van der Waals surface area (Å²) < 4.78 is 42.6. The molecule has 0 unspecified atom stereocenters. The van der Waals surface area contributed by atoms with Crippen molar-refractivity contribution in [2.24, 2.45) is 0 Å². The standard InChI is InChI=1S/C17H14FNO4S/c1-10-12-5-3-4-6-15(12)23-16(10)17(20)19-14-9-11(24(2,21)22)7-8-13(14)18/h3-9H,1-2H3,(H,19,20). The first-order valence-corrected chi connectivity index (χ1v) is 8.95. The number of carbonyl (C=O) groups excluding carboxylic acids is 1. The van der Waals surface area contributed by atoms with Crippen LogP contribution < -0.4 is 5.32 Å². The minimum absolute atomic E-state index is 0.0559. The molecule has 24 heavy (non-hydrogen) atoms. The number of hydrogen-bond donors (Lipinski definition) is 1. The molecule has 1 amide bonds. The summed E-state index contributed by atoms with van der Waals surface area (Å²) in [6.07, 6.45) is 1.01. The lowest BCUT2D eigenvalue weighted by molar-refractivity contribution is 0.0997. The maximum atomic E-state index is 13.9. The first kappa shape index (κ1) is 16.2. The zero-order valence-electron chi connectivity index (χ0n) is 13.0. The molecule has 2 aromatic carbocycles. The van der Waals surface area contributed by atoms with Crippen LogP contribution in [0.3, 0.4) is 0 Å². The first-order chi connectivity index (χ1) is 11.3. The van der Waals surface area contributed by atoms with Gasteiger partial charge < -0.3 is 9.73 Å². The van der Waals surface area contributed by atoms with Crippen molar-refractivity contribution in [3.05, 3.63) is 59.6 Å². The number of furan rings is 1. The fraction of sp³-hybridized carbons (Fsp3) is 0.118. The van der Waals surface area contributed by atoms with E-state index in [9.17, 15) is 17.6 Å². The fourth-order valence-corrected chi connectivity index (χ4v) is 3.05. The molecular weight excluding hydrogens is 333 g/mol. The number of anilines is 1. The molecule has 3 rings (SSSR count). The van der Waals surface area contributed by atoms with E-state index in [1.807, 2.05) is 12.1 Å². The van der Waals surface area contributed by atoms with E-state index < -0.39 is 21.6 Å². The summed E-state index contributed by atoms with van der Waals surface area (Å²) in [5.41, 5.74) is 0.955. The molecule has 1 aromatic heterocycles. The van der Waals surface area contributed by atoms with E-state index in [1.165, 1.54) is 0 Å². The number of aryl methyl sites for hydroxylation is 1. The third-order valence-corrected chi connectivity index (χ3v) is 4.77. The molecule has 0 atom stereocenters. The van der Waals surface area contributed by atoms with Crippen molar-refractivity contribution in [1.29, 1.82) is 0 Å². The molecule has 0 saturated heterocycles. The van der Waals surface area contributed by atoms with Crippen LogP contribution in [0.5, 0.6) is 0 Å². The predicted molar refractivity (Wildman–Crippen MR) is 88.4 cm³/mol. The lowest BCUT2D eigenvalue weighted by Gasteiger charge is -2.07. The molecule has 0 spiro atoms. The van der Waals surface area contributed by atoms with E-state index in [-0.39, 0.29) is 16.3 Å². The molecule has 0 aliphatic heterocycles. The van der Waals surface area contributed by atoms with Gasteiger partial charge in [0.1, 0.15) is 11.4 Å². The van der Waals surface area contributed by atoms with Crippen LogP contribution >= 0.6 is 0 Å². The first-order valence-electron chi connectivity index (χ1n) is 7.06. The summed E-state index contributed by atoms with van der Waals surface area (Å²) in [7, 11) is -3.51. The molecule has 7 heteroatoms. The summed E-state index contributed by atoms with van der Waals surface area (Å²) in [6.45, 7) is 1.73. The smallest absolute Gasteiger partial charge is 0.291 e. The Morgan fingerprint density at radius 2 is 1.88 bits per heavy atom. The van der Waals surface area contributed by atoms with Gasteiger partial charge in [-0.15, -0.1) is 0 Å². The number of para-hydroxylation sites is 1. The highest BCUT2D eigenvalue weighted by Crippen LogP contribution is 2.26. The molecule has 0 saturated carbocycles. The van der Waals surface area contributed by atoms with Gasteiger partial charge in [0.2, 0.25) is 0 Å². The number of carbonyl (C=O) groups is 1. The van der Waals surface area contributed by atoms with E-state index in [1.54, 1.807) is 19.1 Å². The molecule has 0 aliphatic rings.